The number of nitrogens with one attached hydrogen (secondary N) is 1. The van der Waals surface area contributed by atoms with Crippen molar-refractivity contribution >= 4 is 23.8 Å². The van der Waals surface area contributed by atoms with Crippen LogP contribution in [0.4, 0.5) is 4.79 Å². The van der Waals surface area contributed by atoms with E-state index >= 15 is 0 Å². The summed E-state index contributed by atoms with van der Waals surface area (Å²) in [5.74, 6) is 0.669. The molecule has 2 heterocycles. The summed E-state index contributed by atoms with van der Waals surface area (Å²) in [7, 11) is 0. The Hall–Kier alpha value is -1.89. The number of hydrogen-bond donors (Lipinski definition) is 2. The zero-order valence-corrected chi connectivity index (χ0v) is 12.1. The highest BCUT2D eigenvalue weighted by Gasteiger charge is 2.36. The van der Waals surface area contributed by atoms with Crippen LogP contribution in [-0.2, 0) is 4.79 Å². The van der Waals surface area contributed by atoms with Crippen molar-refractivity contribution in [2.75, 3.05) is 18.2 Å². The van der Waals surface area contributed by atoms with Gasteiger partial charge in [0.1, 0.15) is 11.8 Å². The number of carboxylic acid groups (broad SMARTS) is 1. The van der Waals surface area contributed by atoms with E-state index in [2.05, 4.69) is 5.32 Å². The fourth-order valence-corrected chi connectivity index (χ4v) is 3.72. The van der Waals surface area contributed by atoms with Gasteiger partial charge in [0.2, 0.25) is 0 Å². The first kappa shape index (κ1) is 14.1. The number of carbonyl (C=O) groups excluding carboxylic acids is 1. The number of urea groups is 1. The molecule has 1 aromatic carbocycles. The van der Waals surface area contributed by atoms with Gasteiger partial charge in [0.25, 0.3) is 0 Å². The van der Waals surface area contributed by atoms with Gasteiger partial charge in [0.05, 0.1) is 18.5 Å². The predicted molar refractivity (Wildman–Crippen MR) is 78.4 cm³/mol. The number of benzene rings is 1. The van der Waals surface area contributed by atoms with E-state index in [0.717, 1.165) is 11.3 Å². The van der Waals surface area contributed by atoms with Crippen molar-refractivity contribution in [3.8, 4) is 5.75 Å². The molecule has 1 fully saturated rings. The molecule has 2 atom stereocenters. The highest BCUT2D eigenvalue weighted by molar-refractivity contribution is 7.99. The molecule has 7 heteroatoms. The molecule has 0 saturated carbocycles. The van der Waals surface area contributed by atoms with Crippen LogP contribution in [0.15, 0.2) is 24.3 Å². The molecule has 3 rings (SSSR count). The van der Waals surface area contributed by atoms with Gasteiger partial charge >= 0.3 is 12.0 Å². The van der Waals surface area contributed by atoms with E-state index in [1.165, 1.54) is 16.7 Å². The average Bonchev–Trinajstić information content (AvgIpc) is 2.97. The standard InChI is InChI=1S/C14H16N2O4S/c17-13(18)11-7-21-8-16(11)14(19)15-10-5-6-20-12-4-2-1-3-9(10)12/h1-4,10-11H,5-8H2,(H,15,19)(H,17,18). The minimum atomic E-state index is -0.956. The molecule has 2 aliphatic rings. The van der Waals surface area contributed by atoms with Gasteiger partial charge in [-0.15, -0.1) is 11.8 Å². The number of nitrogens with zero attached hydrogens (tertiary/aromatic N) is 1. The third-order valence-corrected chi connectivity index (χ3v) is 4.70. The van der Waals surface area contributed by atoms with Gasteiger partial charge in [-0.05, 0) is 6.07 Å². The van der Waals surface area contributed by atoms with Crippen molar-refractivity contribution in [2.24, 2.45) is 0 Å². The van der Waals surface area contributed by atoms with Crippen molar-refractivity contribution in [3.63, 3.8) is 0 Å². The lowest BCUT2D eigenvalue weighted by molar-refractivity contribution is -0.140. The molecule has 0 radical (unpaired) electrons. The summed E-state index contributed by atoms with van der Waals surface area (Å²) in [6, 6.07) is 6.38. The van der Waals surface area contributed by atoms with E-state index in [4.69, 9.17) is 9.84 Å². The Morgan fingerprint density at radius 2 is 2.19 bits per heavy atom. The fourth-order valence-electron chi connectivity index (χ4n) is 2.57. The van der Waals surface area contributed by atoms with Crippen LogP contribution >= 0.6 is 11.8 Å². The number of amides is 2. The third-order valence-electron chi connectivity index (χ3n) is 3.68. The maximum absolute atomic E-state index is 12.3. The molecule has 112 valence electrons. The number of para-hydroxylation sites is 1. The van der Waals surface area contributed by atoms with Crippen LogP contribution in [0.1, 0.15) is 18.0 Å². The summed E-state index contributed by atoms with van der Waals surface area (Å²) >= 11 is 1.45. The first-order chi connectivity index (χ1) is 10.2. The average molecular weight is 308 g/mol. The van der Waals surface area contributed by atoms with Crippen molar-refractivity contribution in [3.05, 3.63) is 29.8 Å². The van der Waals surface area contributed by atoms with Crippen molar-refractivity contribution in [1.29, 1.82) is 0 Å². The quantitative estimate of drug-likeness (QED) is 0.869. The van der Waals surface area contributed by atoms with Gasteiger partial charge in [-0.1, -0.05) is 18.2 Å². The van der Waals surface area contributed by atoms with Crippen molar-refractivity contribution in [1.82, 2.24) is 10.2 Å². The summed E-state index contributed by atoms with van der Waals surface area (Å²) < 4.78 is 5.56. The second kappa shape index (κ2) is 5.85. The lowest BCUT2D eigenvalue weighted by Crippen LogP contribution is -2.48. The van der Waals surface area contributed by atoms with Crippen LogP contribution in [0.3, 0.4) is 0 Å². The molecule has 1 saturated heterocycles. The largest absolute Gasteiger partial charge is 0.493 e. The van der Waals surface area contributed by atoms with Crippen molar-refractivity contribution in [2.45, 2.75) is 18.5 Å². The van der Waals surface area contributed by atoms with Crippen LogP contribution in [0, 0.1) is 0 Å². The summed E-state index contributed by atoms with van der Waals surface area (Å²) in [6.45, 7) is 0.541. The van der Waals surface area contributed by atoms with E-state index in [1.54, 1.807) is 0 Å². The van der Waals surface area contributed by atoms with Gasteiger partial charge in [-0.3, -0.25) is 0 Å². The minimum absolute atomic E-state index is 0.137. The van der Waals surface area contributed by atoms with Gasteiger partial charge in [-0.25, -0.2) is 9.59 Å². The van der Waals surface area contributed by atoms with Gasteiger partial charge in [0.15, 0.2) is 0 Å². The highest BCUT2D eigenvalue weighted by Crippen LogP contribution is 2.32. The Balaban J connectivity index is 1.73. The molecule has 2 amide bonds. The molecule has 0 spiro atoms. The molecule has 2 N–H and O–H groups in total. The van der Waals surface area contributed by atoms with E-state index < -0.39 is 12.0 Å². The number of thioether (sulfide) groups is 1. The summed E-state index contributed by atoms with van der Waals surface area (Å²) in [5.41, 5.74) is 0.941. The van der Waals surface area contributed by atoms with Crippen LogP contribution in [0.2, 0.25) is 0 Å². The molecule has 21 heavy (non-hydrogen) atoms. The van der Waals surface area contributed by atoms with Crippen LogP contribution in [0.25, 0.3) is 0 Å². The topological polar surface area (TPSA) is 78.9 Å². The summed E-state index contributed by atoms with van der Waals surface area (Å²) in [4.78, 5) is 24.9. The zero-order chi connectivity index (χ0) is 14.8. The van der Waals surface area contributed by atoms with Gasteiger partial charge in [-0.2, -0.15) is 0 Å². The van der Waals surface area contributed by atoms with E-state index in [-0.39, 0.29) is 12.1 Å². The molecule has 2 unspecified atom stereocenters. The number of carbonyl (C=O) groups is 2. The van der Waals surface area contributed by atoms with Crippen LogP contribution < -0.4 is 10.1 Å². The zero-order valence-electron chi connectivity index (χ0n) is 11.3. The molecule has 0 aromatic heterocycles. The molecule has 0 aliphatic carbocycles. The van der Waals surface area contributed by atoms with E-state index in [9.17, 15) is 9.59 Å². The third kappa shape index (κ3) is 2.78. The Morgan fingerprint density at radius 1 is 1.38 bits per heavy atom. The normalized spacial score (nSPS) is 24.1. The maximum atomic E-state index is 12.3. The molecule has 2 aliphatic heterocycles. The second-order valence-electron chi connectivity index (χ2n) is 5.00. The smallest absolute Gasteiger partial charge is 0.327 e. The number of carboxylic acids is 1. The SMILES string of the molecule is O=C(O)C1CSCN1C(=O)NC1CCOc2ccccc21. The Morgan fingerprint density at radius 3 is 3.00 bits per heavy atom. The summed E-state index contributed by atoms with van der Waals surface area (Å²) in [5, 5.41) is 12.1. The Bertz CT molecular complexity index is 566. The Kier molecular flexibility index (Phi) is 3.92. The highest BCUT2D eigenvalue weighted by atomic mass is 32.2. The van der Waals surface area contributed by atoms with Crippen molar-refractivity contribution < 1.29 is 19.4 Å². The number of ether oxygens (including phenoxy) is 1. The maximum Gasteiger partial charge on any atom is 0.327 e. The second-order valence-corrected chi connectivity index (χ2v) is 6.00. The summed E-state index contributed by atoms with van der Waals surface area (Å²) in [6.07, 6.45) is 0.682. The fraction of sp³-hybridized carbons (Fsp3) is 0.429. The molecule has 0 bridgehead atoms. The van der Waals surface area contributed by atoms with E-state index in [0.29, 0.717) is 24.7 Å². The first-order valence-corrected chi connectivity index (χ1v) is 7.91. The van der Waals surface area contributed by atoms with Gasteiger partial charge < -0.3 is 20.1 Å². The monoisotopic (exact) mass is 308 g/mol. The van der Waals surface area contributed by atoms with Crippen LogP contribution in [-0.4, -0.2) is 46.3 Å². The number of aliphatic carboxylic acids is 1. The van der Waals surface area contributed by atoms with Gasteiger partial charge in [0, 0.05) is 17.7 Å². The molecular weight excluding hydrogens is 292 g/mol. The first-order valence-electron chi connectivity index (χ1n) is 6.76. The Labute approximate surface area is 126 Å². The van der Waals surface area contributed by atoms with E-state index in [1.807, 2.05) is 24.3 Å². The lowest BCUT2D eigenvalue weighted by Gasteiger charge is -2.29. The molecule has 1 aromatic rings. The predicted octanol–water partition coefficient (Wildman–Crippen LogP) is 1.68. The number of hydrogen-bond acceptors (Lipinski definition) is 4. The molecule has 6 nitrogen and oxygen atoms in total. The minimum Gasteiger partial charge on any atom is -0.493 e. The lowest BCUT2D eigenvalue weighted by atomic mass is 10.0. The number of fused-ring (bicyclic) bond motifs is 1. The molecular formula is C14H16N2O4S. The van der Waals surface area contributed by atoms with Crippen LogP contribution in [0.5, 0.6) is 5.75 Å². The number of rotatable bonds is 2.